The van der Waals surface area contributed by atoms with Crippen molar-refractivity contribution in [3.63, 3.8) is 0 Å². The molecule has 1 aromatic carbocycles. The van der Waals surface area contributed by atoms with Crippen LogP contribution in [0.4, 0.5) is 0 Å². The highest BCUT2D eigenvalue weighted by molar-refractivity contribution is 7.17. The molecular weight excluding hydrogens is 222 g/mol. The third-order valence-corrected chi connectivity index (χ3v) is 3.23. The van der Waals surface area contributed by atoms with Crippen molar-refractivity contribution in [3.05, 3.63) is 41.9 Å². The van der Waals surface area contributed by atoms with Crippen LogP contribution < -0.4 is 0 Å². The highest BCUT2D eigenvalue weighted by Gasteiger charge is 2.08. The van der Waals surface area contributed by atoms with Crippen molar-refractivity contribution in [2.75, 3.05) is 0 Å². The number of thiazole rings is 1. The van der Waals surface area contributed by atoms with Gasteiger partial charge in [-0.25, -0.2) is 9.97 Å². The average molecular weight is 229 g/mol. The van der Waals surface area contributed by atoms with Crippen molar-refractivity contribution in [2.45, 2.75) is 0 Å². The highest BCUT2D eigenvalue weighted by Crippen LogP contribution is 2.25. The first-order valence-corrected chi connectivity index (χ1v) is 5.59. The molecule has 0 amide bonds. The Kier molecular flexibility index (Phi) is 2.04. The Bertz CT molecular complexity index is 656. The zero-order valence-electron chi connectivity index (χ0n) is 8.20. The Hall–Kier alpha value is -2.01. The first-order valence-electron chi connectivity index (χ1n) is 4.71. The largest absolute Gasteiger partial charge is 0.296 e. The number of aromatic nitrogens is 3. The predicted molar refractivity (Wildman–Crippen MR) is 62.1 cm³/mol. The highest BCUT2D eigenvalue weighted by atomic mass is 32.1. The summed E-state index contributed by atoms with van der Waals surface area (Å²) < 4.78 is 2.83. The van der Waals surface area contributed by atoms with Crippen LogP contribution in [0.5, 0.6) is 0 Å². The Labute approximate surface area is 95.2 Å². The fourth-order valence-electron chi connectivity index (χ4n) is 1.67. The van der Waals surface area contributed by atoms with Gasteiger partial charge in [-0.3, -0.25) is 9.36 Å². The Morgan fingerprint density at radius 3 is 3.12 bits per heavy atom. The summed E-state index contributed by atoms with van der Waals surface area (Å²) in [6.07, 6.45) is 4.14. The van der Waals surface area contributed by atoms with Crippen molar-refractivity contribution < 1.29 is 4.79 Å². The summed E-state index contributed by atoms with van der Waals surface area (Å²) in [6, 6.07) is 5.83. The van der Waals surface area contributed by atoms with Crippen molar-refractivity contribution in [2.24, 2.45) is 0 Å². The third kappa shape index (κ3) is 1.25. The van der Waals surface area contributed by atoms with Gasteiger partial charge in [0.2, 0.25) is 0 Å². The number of hydrogen-bond donors (Lipinski definition) is 0. The van der Waals surface area contributed by atoms with Gasteiger partial charge in [-0.15, -0.1) is 11.3 Å². The van der Waals surface area contributed by atoms with Gasteiger partial charge in [0.25, 0.3) is 0 Å². The van der Waals surface area contributed by atoms with Crippen LogP contribution in [0, 0.1) is 0 Å². The average Bonchev–Trinajstić information content (AvgIpc) is 2.96. The number of fused-ring (bicyclic) bond motifs is 1. The van der Waals surface area contributed by atoms with Crippen molar-refractivity contribution in [1.29, 1.82) is 0 Å². The molecule has 16 heavy (non-hydrogen) atoms. The standard InChI is InChI=1S/C11H7N3OS/c15-6-10-12-4-5-14(10)9-3-1-2-8-11(9)16-7-13-8/h1-7H. The molecule has 0 saturated heterocycles. The van der Waals surface area contributed by atoms with Crippen molar-refractivity contribution in [3.8, 4) is 5.69 Å². The molecule has 2 heterocycles. The predicted octanol–water partition coefficient (Wildman–Crippen LogP) is 2.29. The fourth-order valence-corrected chi connectivity index (χ4v) is 2.47. The molecule has 0 saturated carbocycles. The van der Waals surface area contributed by atoms with E-state index in [4.69, 9.17) is 0 Å². The van der Waals surface area contributed by atoms with Crippen LogP contribution in [-0.4, -0.2) is 20.8 Å². The minimum atomic E-state index is 0.404. The molecule has 3 aromatic rings. The zero-order valence-corrected chi connectivity index (χ0v) is 9.02. The van der Waals surface area contributed by atoms with Crippen LogP contribution >= 0.6 is 11.3 Å². The smallest absolute Gasteiger partial charge is 0.185 e. The molecule has 0 fully saturated rings. The quantitative estimate of drug-likeness (QED) is 0.633. The number of carbonyl (C=O) groups excluding carboxylic acids is 1. The number of benzene rings is 1. The molecule has 0 unspecified atom stereocenters. The summed E-state index contributed by atoms with van der Waals surface area (Å²) in [7, 11) is 0. The molecule has 0 spiro atoms. The van der Waals surface area contributed by atoms with Crippen molar-refractivity contribution >= 4 is 27.8 Å². The molecule has 78 valence electrons. The molecular formula is C11H7N3OS. The van der Waals surface area contributed by atoms with Crippen LogP contribution in [0.3, 0.4) is 0 Å². The SMILES string of the molecule is O=Cc1nccn1-c1cccc2ncsc12. The van der Waals surface area contributed by atoms with Gasteiger partial charge < -0.3 is 0 Å². The summed E-state index contributed by atoms with van der Waals surface area (Å²) in [4.78, 5) is 19.1. The van der Waals surface area contributed by atoms with Crippen LogP contribution in [0.2, 0.25) is 0 Å². The maximum atomic E-state index is 10.8. The minimum Gasteiger partial charge on any atom is -0.296 e. The lowest BCUT2D eigenvalue weighted by Crippen LogP contribution is -1.98. The zero-order chi connectivity index (χ0) is 11.0. The second-order valence-corrected chi connectivity index (χ2v) is 4.11. The number of imidazole rings is 1. The topological polar surface area (TPSA) is 47.8 Å². The monoisotopic (exact) mass is 229 g/mol. The lowest BCUT2D eigenvalue weighted by atomic mass is 10.3. The van der Waals surface area contributed by atoms with Gasteiger partial charge in [0.1, 0.15) is 0 Å². The number of nitrogens with zero attached hydrogens (tertiary/aromatic N) is 3. The van der Waals surface area contributed by atoms with Crippen LogP contribution in [-0.2, 0) is 0 Å². The lowest BCUT2D eigenvalue weighted by molar-refractivity contribution is 0.111. The van der Waals surface area contributed by atoms with E-state index in [2.05, 4.69) is 9.97 Å². The summed E-state index contributed by atoms with van der Waals surface area (Å²) in [5, 5.41) is 0. The van der Waals surface area contributed by atoms with E-state index in [-0.39, 0.29) is 0 Å². The van der Waals surface area contributed by atoms with E-state index in [0.29, 0.717) is 5.82 Å². The molecule has 0 aliphatic carbocycles. The first kappa shape index (κ1) is 9.23. The van der Waals surface area contributed by atoms with E-state index in [1.807, 2.05) is 18.2 Å². The van der Waals surface area contributed by atoms with Gasteiger partial charge in [-0.1, -0.05) is 6.07 Å². The second kappa shape index (κ2) is 3.53. The molecule has 0 aliphatic heterocycles. The normalized spacial score (nSPS) is 10.8. The van der Waals surface area contributed by atoms with E-state index in [1.54, 1.807) is 33.8 Å². The third-order valence-electron chi connectivity index (χ3n) is 2.37. The molecule has 0 bridgehead atoms. The van der Waals surface area contributed by atoms with E-state index in [0.717, 1.165) is 22.2 Å². The number of aldehydes is 1. The molecule has 0 radical (unpaired) electrons. The maximum Gasteiger partial charge on any atom is 0.185 e. The van der Waals surface area contributed by atoms with E-state index in [9.17, 15) is 4.79 Å². The molecule has 2 aromatic heterocycles. The first-order chi connectivity index (χ1) is 7.90. The minimum absolute atomic E-state index is 0.404. The van der Waals surface area contributed by atoms with E-state index >= 15 is 0 Å². The van der Waals surface area contributed by atoms with Crippen LogP contribution in [0.1, 0.15) is 10.6 Å². The van der Waals surface area contributed by atoms with Crippen LogP contribution in [0.25, 0.3) is 15.9 Å². The van der Waals surface area contributed by atoms with Gasteiger partial charge in [0.05, 0.1) is 21.4 Å². The van der Waals surface area contributed by atoms with Crippen LogP contribution in [0.15, 0.2) is 36.1 Å². The van der Waals surface area contributed by atoms with Gasteiger partial charge >= 0.3 is 0 Å². The number of rotatable bonds is 2. The number of hydrogen-bond acceptors (Lipinski definition) is 4. The molecule has 4 nitrogen and oxygen atoms in total. The Morgan fingerprint density at radius 2 is 2.25 bits per heavy atom. The number of carbonyl (C=O) groups is 1. The van der Waals surface area contributed by atoms with E-state index in [1.165, 1.54) is 0 Å². The van der Waals surface area contributed by atoms with Gasteiger partial charge in [-0.2, -0.15) is 0 Å². The summed E-state index contributed by atoms with van der Waals surface area (Å²) in [5.41, 5.74) is 3.68. The second-order valence-electron chi connectivity index (χ2n) is 3.25. The maximum absolute atomic E-state index is 10.8. The molecule has 0 atom stereocenters. The fraction of sp³-hybridized carbons (Fsp3) is 0. The van der Waals surface area contributed by atoms with Gasteiger partial charge in [-0.05, 0) is 12.1 Å². The Balaban J connectivity index is 2.33. The summed E-state index contributed by atoms with van der Waals surface area (Å²) in [5.74, 6) is 0.404. The van der Waals surface area contributed by atoms with E-state index < -0.39 is 0 Å². The van der Waals surface area contributed by atoms with Gasteiger partial charge in [0, 0.05) is 12.4 Å². The lowest BCUT2D eigenvalue weighted by Gasteiger charge is -2.04. The molecule has 0 N–H and O–H groups in total. The summed E-state index contributed by atoms with van der Waals surface area (Å²) in [6.45, 7) is 0. The molecule has 5 heteroatoms. The molecule has 3 rings (SSSR count). The van der Waals surface area contributed by atoms with Gasteiger partial charge in [0.15, 0.2) is 12.1 Å². The molecule has 0 aliphatic rings. The summed E-state index contributed by atoms with van der Waals surface area (Å²) >= 11 is 1.56. The van der Waals surface area contributed by atoms with Crippen molar-refractivity contribution in [1.82, 2.24) is 14.5 Å². The Morgan fingerprint density at radius 1 is 1.31 bits per heavy atom.